The van der Waals surface area contributed by atoms with Crippen molar-refractivity contribution in [3.05, 3.63) is 174 Å². The third-order valence-electron chi connectivity index (χ3n) is 28.8. The number of aliphatic imine (C=N–C) groups is 4. The van der Waals surface area contributed by atoms with Gasteiger partial charge < -0.3 is 40.2 Å². The van der Waals surface area contributed by atoms with Gasteiger partial charge in [-0.3, -0.25) is 0 Å². The van der Waals surface area contributed by atoms with Crippen molar-refractivity contribution in [1.29, 1.82) is 0 Å². The van der Waals surface area contributed by atoms with Gasteiger partial charge in [-0.25, -0.2) is 39.9 Å². The van der Waals surface area contributed by atoms with E-state index in [1.165, 1.54) is 308 Å². The van der Waals surface area contributed by atoms with Crippen LogP contribution in [0.3, 0.4) is 0 Å². The molecule has 0 saturated heterocycles. The van der Waals surface area contributed by atoms with Crippen molar-refractivity contribution in [2.75, 3.05) is 26.4 Å². The summed E-state index contributed by atoms with van der Waals surface area (Å²) >= 11 is 13.3. The maximum absolute atomic E-state index is 6.78. The Balaban J connectivity index is 0.737. The molecule has 12 heterocycles. The molecule has 4 atom stereocenters. The van der Waals surface area contributed by atoms with E-state index in [1.54, 1.807) is 90.7 Å². The molecule has 144 heavy (non-hydrogen) atoms. The van der Waals surface area contributed by atoms with Crippen molar-refractivity contribution >= 4 is 198 Å². The van der Waals surface area contributed by atoms with Gasteiger partial charge in [0.1, 0.15) is 46.3 Å². The highest BCUT2D eigenvalue weighted by Crippen LogP contribution is 2.50. The number of nitrogens with one attached hydrogen (secondary N) is 4. The van der Waals surface area contributed by atoms with Crippen molar-refractivity contribution in [1.82, 2.24) is 41.2 Å². The lowest BCUT2D eigenvalue weighted by atomic mass is 9.95. The predicted molar refractivity (Wildman–Crippen MR) is 626 cm³/mol. The Kier molecular flexibility index (Phi) is 43.3. The normalized spacial score (nSPS) is 15.8. The standard InChI is InChI=1S/C120H158N12O4S8/c1-9-17-25-33-37-45-55-83(51-41-29-21-13-5)79-133-87-61-65-91-101(75-87)141-117(121-91)129-113-105-107(115(125-109(105)97-59-49-73-137-97)131-119-123-93-67-63-89(77-103(93)143-119)135-81-85(53-43-31-23-15-7)57-47-39-35-27-19-11-3)111(127-113)99-71-69-95(139-99)96-70-72-100(140-96)112-108-106(114(128-112)130-118-122-92-66-62-88(76-102(92)142-118)134-80-84(52-42-30-22-14-6)56-46-38-34-26-18-10-2)110(98-60-50-74-138-98)126-116(108)132-120-124-94-68-64-90(78-104(94)144-120)136-82-86(54-44-32-24-16-8)58-48-40-36-28-20-12-4/h49-50,59-78,83-86H,9-48,51-58,79-82H2,1-8H3,(H,121,127,129)(H,122,128,130)(H,123,125,131)(H,124,126,132). The summed E-state index contributed by atoms with van der Waals surface area (Å²) in [6, 6.07) is 43.3. The Morgan fingerprint density at radius 2 is 0.451 bits per heavy atom. The van der Waals surface area contributed by atoms with Gasteiger partial charge >= 0.3 is 0 Å². The van der Waals surface area contributed by atoms with Crippen LogP contribution in [0.1, 0.15) is 383 Å². The van der Waals surface area contributed by atoms with Crippen LogP contribution >= 0.6 is 90.7 Å². The number of amidine groups is 4. The second kappa shape index (κ2) is 57.7. The molecule has 16 rings (SSSR count). The highest BCUT2D eigenvalue weighted by atomic mass is 32.1. The maximum atomic E-state index is 6.78. The van der Waals surface area contributed by atoms with Crippen molar-refractivity contribution < 1.29 is 18.9 Å². The summed E-state index contributed by atoms with van der Waals surface area (Å²) in [6.45, 7) is 21.3. The number of benzene rings is 4. The Bertz CT molecular complexity index is 5890. The first kappa shape index (κ1) is 108. The number of nitrogens with zero attached hydrogens (tertiary/aromatic N) is 8. The molecule has 0 saturated carbocycles. The van der Waals surface area contributed by atoms with E-state index >= 15 is 0 Å². The molecule has 0 fully saturated rings. The summed E-state index contributed by atoms with van der Waals surface area (Å²) in [5, 5.41) is 22.8. The van der Waals surface area contributed by atoms with E-state index in [2.05, 4.69) is 209 Å². The molecule has 0 bridgehead atoms. The first-order chi connectivity index (χ1) is 71.0. The quantitative estimate of drug-likeness (QED) is 0.0265. The molecule has 0 spiro atoms. The molecule has 0 aliphatic carbocycles. The van der Waals surface area contributed by atoms with E-state index in [9.17, 15) is 0 Å². The third kappa shape index (κ3) is 30.8. The number of thiazole rings is 4. The number of unbranched alkanes of at least 4 members (excludes halogenated alkanes) is 32. The molecule has 4 aliphatic rings. The molecule has 0 amide bonds. The molecule has 12 aromatic rings. The highest BCUT2D eigenvalue weighted by Gasteiger charge is 2.42. The smallest absolute Gasteiger partial charge is 0.212 e. The van der Waals surface area contributed by atoms with Crippen LogP contribution in [0, 0.1) is 23.7 Å². The molecule has 4 aliphatic heterocycles. The molecular formula is C120H158N12O4S8. The van der Waals surface area contributed by atoms with Gasteiger partial charge in [0.2, 0.25) is 20.5 Å². The Morgan fingerprint density at radius 1 is 0.236 bits per heavy atom. The first-order valence-corrected chi connectivity index (χ1v) is 62.5. The number of aromatic nitrogens is 4. The number of thiophene rings is 4. The maximum Gasteiger partial charge on any atom is 0.212 e. The van der Waals surface area contributed by atoms with Gasteiger partial charge in [0, 0.05) is 9.75 Å². The molecule has 0 radical (unpaired) electrons. The second-order valence-electron chi connectivity index (χ2n) is 40.5. The zero-order valence-electron chi connectivity index (χ0n) is 87.3. The minimum atomic E-state index is 0.533. The van der Waals surface area contributed by atoms with Crippen LogP contribution in [0.15, 0.2) is 174 Å². The predicted octanol–water partition coefficient (Wildman–Crippen LogP) is 38.5. The van der Waals surface area contributed by atoms with Gasteiger partial charge in [0.15, 0.2) is 0 Å². The Morgan fingerprint density at radius 3 is 0.681 bits per heavy atom. The topological polar surface area (TPSA) is 186 Å². The van der Waals surface area contributed by atoms with Gasteiger partial charge in [-0.05, 0) is 195 Å². The van der Waals surface area contributed by atoms with Crippen molar-refractivity contribution in [2.45, 2.75) is 364 Å². The van der Waals surface area contributed by atoms with E-state index in [0.29, 0.717) is 67.5 Å². The highest BCUT2D eigenvalue weighted by molar-refractivity contribution is 7.24. The van der Waals surface area contributed by atoms with Gasteiger partial charge in [-0.2, -0.15) is 0 Å². The molecule has 16 nitrogen and oxygen atoms in total. The second-order valence-corrected chi connectivity index (χ2v) is 48.6. The van der Waals surface area contributed by atoms with Crippen LogP contribution in [0.25, 0.3) is 73.4 Å². The van der Waals surface area contributed by atoms with Gasteiger partial charge in [0.25, 0.3) is 0 Å². The largest absolute Gasteiger partial charge is 0.493 e. The van der Waals surface area contributed by atoms with E-state index < -0.39 is 0 Å². The number of hydrogen-bond donors (Lipinski definition) is 4. The average Bonchev–Trinajstić information content (AvgIpc) is 1.57. The summed E-state index contributed by atoms with van der Waals surface area (Å²) < 4.78 is 31.3. The number of rotatable bonds is 69. The molecule has 24 heteroatoms. The van der Waals surface area contributed by atoms with Gasteiger partial charge in [0.05, 0.1) is 132 Å². The monoisotopic (exact) mass is 2090 g/mol. The fourth-order valence-corrected chi connectivity index (χ4v) is 27.5. The van der Waals surface area contributed by atoms with Crippen molar-refractivity contribution in [3.8, 4) is 32.8 Å². The molecule has 4 N–H and O–H groups in total. The minimum absolute atomic E-state index is 0.533. The number of ether oxygens (including phenoxy) is 4. The Hall–Kier alpha value is -8.72. The van der Waals surface area contributed by atoms with Crippen LogP contribution in [0.5, 0.6) is 23.0 Å². The third-order valence-corrected chi connectivity index (χ3v) is 36.6. The summed E-state index contributed by atoms with van der Waals surface area (Å²) in [7, 11) is 0. The summed E-state index contributed by atoms with van der Waals surface area (Å²) in [6.07, 6.45) is 61.3. The number of fused-ring (bicyclic) bond motifs is 6. The fourth-order valence-electron chi connectivity index (χ4n) is 20.4. The van der Waals surface area contributed by atoms with Crippen molar-refractivity contribution in [2.24, 2.45) is 43.6 Å². The number of hydrogen-bond acceptors (Lipinski definition) is 20. The van der Waals surface area contributed by atoms with Crippen LogP contribution < -0.4 is 40.2 Å². The first-order valence-electron chi connectivity index (χ1n) is 55.9. The zero-order valence-corrected chi connectivity index (χ0v) is 93.8. The SMILES string of the molecule is CCCCCCCCC(CCCCCC)COc1ccc2nc(/N=C3\NC(c4ccc(-c5ccc(C6=C7C(=C(c8cccs8)N/C7=N\c7nc8ccc(OCC(CCCCCC)CCCCCCCC)cc8s7)/C(=N/c7nc8ccc(OCC(CCCCCC)CCCCCCCC)cc8s7)N6)s5)s4)=C4C3=C(c3cccs3)N/C4=N\c3nc4ccc(OCC(CCCCCC)CCCCCCCC)cc4s3)sc2c1. The molecule has 8 aromatic heterocycles. The molecule has 770 valence electrons. The summed E-state index contributed by atoms with van der Waals surface area (Å²) in [5.74, 6) is 8.49. The van der Waals surface area contributed by atoms with Gasteiger partial charge in [-0.15, -0.1) is 45.3 Å². The van der Waals surface area contributed by atoms with Crippen LogP contribution in [-0.2, 0) is 0 Å². The Labute approximate surface area is 891 Å². The fraction of sp³-hybridized carbons (Fsp3) is 0.533. The van der Waals surface area contributed by atoms with E-state index in [0.717, 1.165) is 165 Å². The van der Waals surface area contributed by atoms with Crippen LogP contribution in [0.2, 0.25) is 0 Å². The minimum Gasteiger partial charge on any atom is -0.493 e. The zero-order chi connectivity index (χ0) is 99.2. The molecular weight excluding hydrogens is 1930 g/mol. The lowest BCUT2D eigenvalue weighted by Gasteiger charge is -2.18. The lowest BCUT2D eigenvalue weighted by Crippen LogP contribution is -2.21. The van der Waals surface area contributed by atoms with Gasteiger partial charge in [-0.1, -0.05) is 370 Å². The summed E-state index contributed by atoms with van der Waals surface area (Å²) in [4.78, 5) is 49.9. The van der Waals surface area contributed by atoms with Crippen LogP contribution in [0.4, 0.5) is 20.5 Å². The molecule has 4 unspecified atom stereocenters. The van der Waals surface area contributed by atoms with E-state index in [4.69, 9.17) is 58.9 Å². The van der Waals surface area contributed by atoms with E-state index in [-0.39, 0.29) is 0 Å². The van der Waals surface area contributed by atoms with E-state index in [1.807, 2.05) is 0 Å². The average molecular weight is 2090 g/mol. The summed E-state index contributed by atoms with van der Waals surface area (Å²) in [5.41, 5.74) is 11.0. The lowest BCUT2D eigenvalue weighted by molar-refractivity contribution is 0.224. The van der Waals surface area contributed by atoms with Crippen molar-refractivity contribution in [3.63, 3.8) is 0 Å². The molecule has 4 aromatic carbocycles. The van der Waals surface area contributed by atoms with Crippen LogP contribution in [-0.4, -0.2) is 69.7 Å².